The van der Waals surface area contributed by atoms with Gasteiger partial charge in [-0.05, 0) is 26.2 Å². The number of ether oxygens (including phenoxy) is 1. The second-order valence-electron chi connectivity index (χ2n) is 3.53. The molecule has 1 rings (SSSR count). The van der Waals surface area contributed by atoms with E-state index in [4.69, 9.17) is 4.74 Å². The van der Waals surface area contributed by atoms with Crippen molar-refractivity contribution in [1.29, 1.82) is 0 Å². The van der Waals surface area contributed by atoms with E-state index < -0.39 is 0 Å². The number of rotatable bonds is 4. The van der Waals surface area contributed by atoms with Gasteiger partial charge in [0, 0.05) is 13.1 Å². The lowest BCUT2D eigenvalue weighted by Gasteiger charge is -2.26. The molecule has 1 heterocycles. The number of hydrogen-bond acceptors (Lipinski definition) is 3. The zero-order valence-electron chi connectivity index (χ0n) is 9.08. The van der Waals surface area contributed by atoms with Gasteiger partial charge in [0.2, 0.25) is 0 Å². The summed E-state index contributed by atoms with van der Waals surface area (Å²) in [5, 5.41) is 2.87. The minimum atomic E-state index is -0.300. The third kappa shape index (κ3) is 3.18. The first-order chi connectivity index (χ1) is 6.77. The molecule has 1 atom stereocenters. The topological polar surface area (TPSA) is 41.6 Å². The van der Waals surface area contributed by atoms with Crippen LogP contribution in [0, 0.1) is 0 Å². The van der Waals surface area contributed by atoms with Gasteiger partial charge in [-0.15, -0.1) is 0 Å². The van der Waals surface area contributed by atoms with Gasteiger partial charge in [0.1, 0.15) is 0 Å². The first-order valence-electron chi connectivity index (χ1n) is 5.45. The standard InChI is InChI=1S/C10H20N2O2/c1-3-9(11-10(13)14-4-2)12-7-5-6-8-12/h9H,3-8H2,1-2H3,(H,11,13). The second-order valence-corrected chi connectivity index (χ2v) is 3.53. The van der Waals surface area contributed by atoms with Crippen molar-refractivity contribution in [2.45, 2.75) is 39.3 Å². The summed E-state index contributed by atoms with van der Waals surface area (Å²) in [5.41, 5.74) is 0. The Morgan fingerprint density at radius 1 is 1.43 bits per heavy atom. The molecule has 1 N–H and O–H groups in total. The van der Waals surface area contributed by atoms with Crippen LogP contribution in [0.25, 0.3) is 0 Å². The molecule has 0 saturated carbocycles. The van der Waals surface area contributed by atoms with Crippen molar-refractivity contribution in [2.24, 2.45) is 0 Å². The summed E-state index contributed by atoms with van der Waals surface area (Å²) in [6, 6.07) is 0. The second kappa shape index (κ2) is 5.86. The monoisotopic (exact) mass is 200 g/mol. The molecule has 1 amide bonds. The fraction of sp³-hybridized carbons (Fsp3) is 0.900. The normalized spacial score (nSPS) is 19.3. The number of carbonyl (C=O) groups is 1. The van der Waals surface area contributed by atoms with Crippen molar-refractivity contribution < 1.29 is 9.53 Å². The number of nitrogens with one attached hydrogen (secondary N) is 1. The van der Waals surface area contributed by atoms with Crippen LogP contribution < -0.4 is 5.32 Å². The number of nitrogens with zero attached hydrogens (tertiary/aromatic N) is 1. The molecule has 1 aliphatic heterocycles. The van der Waals surface area contributed by atoms with Crippen LogP contribution in [0.5, 0.6) is 0 Å². The van der Waals surface area contributed by atoms with Crippen LogP contribution in [0.2, 0.25) is 0 Å². The Labute approximate surface area is 85.6 Å². The minimum Gasteiger partial charge on any atom is -0.450 e. The Kier molecular flexibility index (Phi) is 4.73. The SMILES string of the molecule is CCOC(=O)NC(CC)N1CCCC1. The van der Waals surface area contributed by atoms with E-state index in [0.29, 0.717) is 6.61 Å². The highest BCUT2D eigenvalue weighted by Gasteiger charge is 2.21. The summed E-state index contributed by atoms with van der Waals surface area (Å²) in [4.78, 5) is 13.5. The first-order valence-corrected chi connectivity index (χ1v) is 5.45. The third-order valence-electron chi connectivity index (χ3n) is 2.53. The third-order valence-corrected chi connectivity index (χ3v) is 2.53. The molecule has 14 heavy (non-hydrogen) atoms. The molecule has 0 aromatic heterocycles. The van der Waals surface area contributed by atoms with Crippen LogP contribution in [0.3, 0.4) is 0 Å². The number of alkyl carbamates (subject to hydrolysis) is 1. The average molecular weight is 200 g/mol. The zero-order chi connectivity index (χ0) is 10.4. The largest absolute Gasteiger partial charge is 0.450 e. The minimum absolute atomic E-state index is 0.150. The van der Waals surface area contributed by atoms with Gasteiger partial charge >= 0.3 is 6.09 Å². The number of amides is 1. The van der Waals surface area contributed by atoms with Crippen molar-refractivity contribution in [2.75, 3.05) is 19.7 Å². The Balaban J connectivity index is 2.33. The van der Waals surface area contributed by atoms with Crippen LogP contribution in [-0.2, 0) is 4.74 Å². The summed E-state index contributed by atoms with van der Waals surface area (Å²) < 4.78 is 4.86. The predicted molar refractivity (Wildman–Crippen MR) is 55.0 cm³/mol. The van der Waals surface area contributed by atoms with Gasteiger partial charge in [-0.25, -0.2) is 4.79 Å². The van der Waals surface area contributed by atoms with Crippen molar-refractivity contribution in [1.82, 2.24) is 10.2 Å². The lowest BCUT2D eigenvalue weighted by molar-refractivity contribution is 0.125. The molecule has 0 aliphatic carbocycles. The lowest BCUT2D eigenvalue weighted by Crippen LogP contribution is -2.46. The first kappa shape index (κ1) is 11.3. The highest BCUT2D eigenvalue weighted by Crippen LogP contribution is 2.12. The summed E-state index contributed by atoms with van der Waals surface area (Å²) in [6.45, 7) is 6.50. The van der Waals surface area contributed by atoms with E-state index in [1.165, 1.54) is 12.8 Å². The molecule has 0 spiro atoms. The fourth-order valence-electron chi connectivity index (χ4n) is 1.81. The quantitative estimate of drug-likeness (QED) is 0.749. The molecule has 0 aromatic carbocycles. The van der Waals surface area contributed by atoms with E-state index in [2.05, 4.69) is 17.1 Å². The van der Waals surface area contributed by atoms with Gasteiger partial charge < -0.3 is 10.1 Å². The molecular weight excluding hydrogens is 180 g/mol. The molecule has 1 saturated heterocycles. The van der Waals surface area contributed by atoms with E-state index in [-0.39, 0.29) is 12.3 Å². The molecule has 4 nitrogen and oxygen atoms in total. The molecule has 1 aliphatic rings. The maximum Gasteiger partial charge on any atom is 0.408 e. The lowest BCUT2D eigenvalue weighted by atomic mass is 10.3. The van der Waals surface area contributed by atoms with Crippen molar-refractivity contribution in [3.05, 3.63) is 0 Å². The highest BCUT2D eigenvalue weighted by molar-refractivity contribution is 5.67. The molecular formula is C10H20N2O2. The van der Waals surface area contributed by atoms with Gasteiger partial charge in [0.05, 0.1) is 12.8 Å². The molecule has 82 valence electrons. The summed E-state index contributed by atoms with van der Waals surface area (Å²) >= 11 is 0. The fourth-order valence-corrected chi connectivity index (χ4v) is 1.81. The zero-order valence-corrected chi connectivity index (χ0v) is 9.08. The maximum atomic E-state index is 11.2. The van der Waals surface area contributed by atoms with Crippen LogP contribution in [-0.4, -0.2) is 36.9 Å². The molecule has 0 radical (unpaired) electrons. The van der Waals surface area contributed by atoms with Gasteiger partial charge in [-0.3, -0.25) is 4.90 Å². The Bertz CT molecular complexity index is 179. The molecule has 0 aromatic rings. The smallest absolute Gasteiger partial charge is 0.408 e. The van der Waals surface area contributed by atoms with Crippen LogP contribution in [0.15, 0.2) is 0 Å². The van der Waals surface area contributed by atoms with Gasteiger partial charge in [0.25, 0.3) is 0 Å². The summed E-state index contributed by atoms with van der Waals surface area (Å²) in [6.07, 6.45) is 3.25. The van der Waals surface area contributed by atoms with E-state index >= 15 is 0 Å². The van der Waals surface area contributed by atoms with Crippen LogP contribution in [0.4, 0.5) is 4.79 Å². The predicted octanol–water partition coefficient (Wildman–Crippen LogP) is 1.56. The summed E-state index contributed by atoms with van der Waals surface area (Å²) in [7, 11) is 0. The molecule has 1 unspecified atom stereocenters. The molecule has 4 heteroatoms. The van der Waals surface area contributed by atoms with Crippen molar-refractivity contribution in [3.8, 4) is 0 Å². The Morgan fingerprint density at radius 2 is 2.07 bits per heavy atom. The van der Waals surface area contributed by atoms with E-state index in [1.807, 2.05) is 6.92 Å². The Morgan fingerprint density at radius 3 is 2.57 bits per heavy atom. The van der Waals surface area contributed by atoms with E-state index in [1.54, 1.807) is 0 Å². The van der Waals surface area contributed by atoms with Gasteiger partial charge in [-0.1, -0.05) is 6.92 Å². The van der Waals surface area contributed by atoms with E-state index in [9.17, 15) is 4.79 Å². The van der Waals surface area contributed by atoms with Crippen LogP contribution >= 0.6 is 0 Å². The number of carbonyl (C=O) groups excluding carboxylic acids is 1. The number of likely N-dealkylation sites (tertiary alicyclic amines) is 1. The highest BCUT2D eigenvalue weighted by atomic mass is 16.5. The summed E-state index contributed by atoms with van der Waals surface area (Å²) in [5.74, 6) is 0. The number of hydrogen-bond donors (Lipinski definition) is 1. The maximum absolute atomic E-state index is 11.2. The van der Waals surface area contributed by atoms with Crippen LogP contribution in [0.1, 0.15) is 33.1 Å². The van der Waals surface area contributed by atoms with Gasteiger partial charge in [-0.2, -0.15) is 0 Å². The molecule has 0 bridgehead atoms. The van der Waals surface area contributed by atoms with Crippen molar-refractivity contribution in [3.63, 3.8) is 0 Å². The molecule has 1 fully saturated rings. The Hall–Kier alpha value is -0.770. The van der Waals surface area contributed by atoms with Crippen molar-refractivity contribution >= 4 is 6.09 Å². The van der Waals surface area contributed by atoms with Gasteiger partial charge in [0.15, 0.2) is 0 Å². The average Bonchev–Trinajstić information content (AvgIpc) is 2.67. The van der Waals surface area contributed by atoms with E-state index in [0.717, 1.165) is 19.5 Å².